The third kappa shape index (κ3) is 3.82. The van der Waals surface area contributed by atoms with Crippen molar-refractivity contribution >= 4 is 15.9 Å². The molecule has 0 amide bonds. The van der Waals surface area contributed by atoms with E-state index < -0.39 is 0 Å². The van der Waals surface area contributed by atoms with Crippen molar-refractivity contribution in [3.8, 4) is 0 Å². The normalized spacial score (nSPS) is 20.8. The summed E-state index contributed by atoms with van der Waals surface area (Å²) in [6.07, 6.45) is 2.39. The predicted molar refractivity (Wildman–Crippen MR) is 86.7 cm³/mol. The van der Waals surface area contributed by atoms with Gasteiger partial charge in [0.25, 0.3) is 0 Å². The molecule has 1 fully saturated rings. The van der Waals surface area contributed by atoms with E-state index in [-0.39, 0.29) is 12.1 Å². The van der Waals surface area contributed by atoms with Crippen LogP contribution in [-0.2, 0) is 4.74 Å². The molecule has 1 aliphatic rings. The number of hydrogen-bond donors (Lipinski definition) is 1. The fourth-order valence-corrected chi connectivity index (χ4v) is 3.68. The van der Waals surface area contributed by atoms with E-state index >= 15 is 0 Å². The molecule has 0 aromatic heterocycles. The molecule has 1 aliphatic heterocycles. The molecular formula is C16H25BrN2O. The van der Waals surface area contributed by atoms with Crippen molar-refractivity contribution in [2.75, 3.05) is 26.8 Å². The topological polar surface area (TPSA) is 38.5 Å². The highest BCUT2D eigenvalue weighted by atomic mass is 79.9. The quantitative estimate of drug-likeness (QED) is 0.894. The van der Waals surface area contributed by atoms with Crippen molar-refractivity contribution in [2.24, 2.45) is 11.7 Å². The van der Waals surface area contributed by atoms with Crippen LogP contribution in [0.1, 0.15) is 31.4 Å². The highest BCUT2D eigenvalue weighted by molar-refractivity contribution is 9.10. The maximum absolute atomic E-state index is 6.27. The Kier molecular flexibility index (Phi) is 6.02. The summed E-state index contributed by atoms with van der Waals surface area (Å²) in [7, 11) is 1.79. The van der Waals surface area contributed by atoms with Crippen LogP contribution < -0.4 is 5.73 Å². The Hall–Kier alpha value is -0.420. The molecule has 0 radical (unpaired) electrons. The molecule has 0 spiro atoms. The van der Waals surface area contributed by atoms with Crippen LogP contribution in [0.4, 0.5) is 0 Å². The minimum Gasteiger partial charge on any atom is -0.384 e. The summed E-state index contributed by atoms with van der Waals surface area (Å²) >= 11 is 3.67. The average Bonchev–Trinajstić information content (AvgIpc) is 2.43. The fraction of sp³-hybridized carbons (Fsp3) is 0.625. The highest BCUT2D eigenvalue weighted by Gasteiger charge is 2.29. The molecule has 20 heavy (non-hydrogen) atoms. The predicted octanol–water partition coefficient (Wildman–Crippen LogP) is 3.20. The number of nitrogens with two attached hydrogens (primary N) is 1. The van der Waals surface area contributed by atoms with Gasteiger partial charge in [-0.1, -0.05) is 34.1 Å². The minimum absolute atomic E-state index is 0.118. The van der Waals surface area contributed by atoms with Gasteiger partial charge in [0.2, 0.25) is 0 Å². The maximum atomic E-state index is 6.27. The zero-order valence-electron chi connectivity index (χ0n) is 12.4. The number of benzene rings is 1. The number of methoxy groups -OCH3 is 1. The van der Waals surface area contributed by atoms with Crippen LogP contribution >= 0.6 is 15.9 Å². The summed E-state index contributed by atoms with van der Waals surface area (Å²) in [4.78, 5) is 2.52. The highest BCUT2D eigenvalue weighted by Crippen LogP contribution is 2.32. The Bertz CT molecular complexity index is 417. The van der Waals surface area contributed by atoms with Crippen LogP contribution in [0.25, 0.3) is 0 Å². The second-order valence-electron chi connectivity index (χ2n) is 5.76. The summed E-state index contributed by atoms with van der Waals surface area (Å²) in [6.45, 7) is 5.18. The van der Waals surface area contributed by atoms with Crippen LogP contribution in [0.15, 0.2) is 28.7 Å². The third-order valence-electron chi connectivity index (χ3n) is 4.17. The van der Waals surface area contributed by atoms with Crippen LogP contribution in [0, 0.1) is 5.92 Å². The van der Waals surface area contributed by atoms with E-state index in [2.05, 4.69) is 52.0 Å². The van der Waals surface area contributed by atoms with Gasteiger partial charge in [-0.25, -0.2) is 0 Å². The number of nitrogens with zero attached hydrogens (tertiary/aromatic N) is 1. The lowest BCUT2D eigenvalue weighted by molar-refractivity contribution is 0.0734. The number of halogens is 1. The molecule has 0 bridgehead atoms. The number of ether oxygens (including phenoxy) is 1. The first-order valence-corrected chi connectivity index (χ1v) is 8.15. The van der Waals surface area contributed by atoms with Crippen molar-refractivity contribution < 1.29 is 4.74 Å². The molecule has 2 atom stereocenters. The van der Waals surface area contributed by atoms with E-state index in [1.165, 1.54) is 18.4 Å². The molecular weight excluding hydrogens is 316 g/mol. The first kappa shape index (κ1) is 16.0. The van der Waals surface area contributed by atoms with E-state index in [4.69, 9.17) is 10.5 Å². The Morgan fingerprint density at radius 1 is 1.35 bits per heavy atom. The van der Waals surface area contributed by atoms with Crippen molar-refractivity contribution in [3.63, 3.8) is 0 Å². The lowest BCUT2D eigenvalue weighted by atomic mass is 9.92. The lowest BCUT2D eigenvalue weighted by Crippen LogP contribution is -2.44. The van der Waals surface area contributed by atoms with Gasteiger partial charge in [0.15, 0.2) is 0 Å². The van der Waals surface area contributed by atoms with Gasteiger partial charge in [0.05, 0.1) is 6.04 Å². The molecule has 4 heteroatoms. The van der Waals surface area contributed by atoms with Crippen molar-refractivity contribution in [1.29, 1.82) is 0 Å². The maximum Gasteiger partial charge on any atom is 0.0507 e. The summed E-state index contributed by atoms with van der Waals surface area (Å²) in [6, 6.07) is 8.83. The fourth-order valence-electron chi connectivity index (χ4n) is 3.16. The van der Waals surface area contributed by atoms with Gasteiger partial charge in [-0.3, -0.25) is 4.90 Å². The SMILES string of the molecule is COCC1CCN(C(c2ccccc2Br)C(C)N)CC1. The Labute approximate surface area is 130 Å². The number of hydrogen-bond acceptors (Lipinski definition) is 3. The third-order valence-corrected chi connectivity index (χ3v) is 4.89. The summed E-state index contributed by atoms with van der Waals surface area (Å²) in [5.74, 6) is 0.698. The Balaban J connectivity index is 2.09. The first-order chi connectivity index (χ1) is 9.63. The minimum atomic E-state index is 0.118. The molecule has 1 saturated heterocycles. The molecule has 0 saturated carbocycles. The second-order valence-corrected chi connectivity index (χ2v) is 6.61. The van der Waals surface area contributed by atoms with Crippen molar-refractivity contribution in [1.82, 2.24) is 4.90 Å². The van der Waals surface area contributed by atoms with Gasteiger partial charge in [-0.05, 0) is 50.4 Å². The number of rotatable bonds is 5. The first-order valence-electron chi connectivity index (χ1n) is 7.36. The number of likely N-dealkylation sites (tertiary alicyclic amines) is 1. The van der Waals surface area contributed by atoms with Crippen molar-refractivity contribution in [3.05, 3.63) is 34.3 Å². The largest absolute Gasteiger partial charge is 0.384 e. The standard InChI is InChI=1S/C16H25BrN2O/c1-12(18)16(14-5-3-4-6-15(14)17)19-9-7-13(8-10-19)11-20-2/h3-6,12-13,16H,7-11,18H2,1-2H3. The van der Waals surface area contributed by atoms with Gasteiger partial charge in [0.1, 0.15) is 0 Å². The molecule has 2 N–H and O–H groups in total. The average molecular weight is 341 g/mol. The zero-order chi connectivity index (χ0) is 14.5. The van der Waals surface area contributed by atoms with E-state index in [1.807, 2.05) is 0 Å². The van der Waals surface area contributed by atoms with Crippen LogP contribution in [0.2, 0.25) is 0 Å². The van der Waals surface area contributed by atoms with Crippen molar-refractivity contribution in [2.45, 2.75) is 31.8 Å². The molecule has 1 aromatic carbocycles. The van der Waals surface area contributed by atoms with E-state index in [0.29, 0.717) is 5.92 Å². The Morgan fingerprint density at radius 2 is 2.00 bits per heavy atom. The molecule has 1 heterocycles. The molecule has 112 valence electrons. The summed E-state index contributed by atoms with van der Waals surface area (Å²) in [5.41, 5.74) is 7.57. The van der Waals surface area contributed by atoms with Gasteiger partial charge in [-0.2, -0.15) is 0 Å². The van der Waals surface area contributed by atoms with E-state index in [0.717, 1.165) is 24.2 Å². The zero-order valence-corrected chi connectivity index (χ0v) is 14.0. The smallest absolute Gasteiger partial charge is 0.0507 e. The lowest BCUT2D eigenvalue weighted by Gasteiger charge is -2.39. The van der Waals surface area contributed by atoms with Crippen LogP contribution in [-0.4, -0.2) is 37.7 Å². The summed E-state index contributed by atoms with van der Waals surface area (Å²) < 4.78 is 6.43. The van der Waals surface area contributed by atoms with Gasteiger partial charge >= 0.3 is 0 Å². The number of piperidine rings is 1. The molecule has 2 rings (SSSR count). The van der Waals surface area contributed by atoms with Gasteiger partial charge in [-0.15, -0.1) is 0 Å². The molecule has 1 aromatic rings. The van der Waals surface area contributed by atoms with Gasteiger partial charge < -0.3 is 10.5 Å². The van der Waals surface area contributed by atoms with E-state index in [9.17, 15) is 0 Å². The monoisotopic (exact) mass is 340 g/mol. The molecule has 2 unspecified atom stereocenters. The second kappa shape index (κ2) is 7.55. The molecule has 0 aliphatic carbocycles. The molecule has 3 nitrogen and oxygen atoms in total. The van der Waals surface area contributed by atoms with Gasteiger partial charge in [0, 0.05) is 24.2 Å². The summed E-state index contributed by atoms with van der Waals surface area (Å²) in [5, 5.41) is 0. The Morgan fingerprint density at radius 3 is 2.55 bits per heavy atom. The van der Waals surface area contributed by atoms with Crippen LogP contribution in [0.3, 0.4) is 0 Å². The van der Waals surface area contributed by atoms with Crippen LogP contribution in [0.5, 0.6) is 0 Å². The van der Waals surface area contributed by atoms with E-state index in [1.54, 1.807) is 7.11 Å².